The third kappa shape index (κ3) is 3.88. The van der Waals surface area contributed by atoms with Gasteiger partial charge in [-0.25, -0.2) is 9.97 Å². The molecule has 0 spiro atoms. The SMILES string of the molecule is CC(C)=CCNc1nccc(C(F)(F)F)n1. The number of alkyl halides is 3. The van der Waals surface area contributed by atoms with E-state index in [0.717, 1.165) is 17.8 Å². The average Bonchev–Trinajstić information content (AvgIpc) is 2.16. The van der Waals surface area contributed by atoms with E-state index in [1.165, 1.54) is 0 Å². The molecule has 0 atom stereocenters. The van der Waals surface area contributed by atoms with Crippen LogP contribution in [0.25, 0.3) is 0 Å². The fourth-order valence-electron chi connectivity index (χ4n) is 0.948. The fraction of sp³-hybridized carbons (Fsp3) is 0.400. The summed E-state index contributed by atoms with van der Waals surface area (Å²) in [6.45, 7) is 4.20. The van der Waals surface area contributed by atoms with Crippen LogP contribution in [0.4, 0.5) is 19.1 Å². The summed E-state index contributed by atoms with van der Waals surface area (Å²) in [5.74, 6) is -0.0210. The van der Waals surface area contributed by atoms with E-state index in [9.17, 15) is 13.2 Å². The molecule has 0 aromatic carbocycles. The second kappa shape index (κ2) is 4.96. The molecule has 0 fully saturated rings. The van der Waals surface area contributed by atoms with Crippen molar-refractivity contribution < 1.29 is 13.2 Å². The number of nitrogens with zero attached hydrogens (tertiary/aromatic N) is 2. The molecule has 1 rings (SSSR count). The molecule has 3 nitrogen and oxygen atoms in total. The summed E-state index contributed by atoms with van der Waals surface area (Å²) in [6.07, 6.45) is -1.51. The highest BCUT2D eigenvalue weighted by Gasteiger charge is 2.32. The minimum Gasteiger partial charge on any atom is -0.351 e. The Balaban J connectivity index is 2.72. The van der Waals surface area contributed by atoms with Gasteiger partial charge in [-0.1, -0.05) is 11.6 Å². The van der Waals surface area contributed by atoms with E-state index >= 15 is 0 Å². The van der Waals surface area contributed by atoms with Gasteiger partial charge in [-0.2, -0.15) is 13.2 Å². The van der Waals surface area contributed by atoms with Crippen LogP contribution in [0.5, 0.6) is 0 Å². The van der Waals surface area contributed by atoms with Crippen LogP contribution in [0.2, 0.25) is 0 Å². The molecule has 1 heterocycles. The lowest BCUT2D eigenvalue weighted by atomic mass is 10.3. The lowest BCUT2D eigenvalue weighted by Gasteiger charge is -2.07. The van der Waals surface area contributed by atoms with E-state index in [0.29, 0.717) is 6.54 Å². The lowest BCUT2D eigenvalue weighted by molar-refractivity contribution is -0.141. The van der Waals surface area contributed by atoms with Crippen molar-refractivity contribution in [1.29, 1.82) is 0 Å². The highest BCUT2D eigenvalue weighted by atomic mass is 19.4. The molecule has 1 aromatic rings. The van der Waals surface area contributed by atoms with Gasteiger partial charge in [0.1, 0.15) is 5.69 Å². The largest absolute Gasteiger partial charge is 0.433 e. The van der Waals surface area contributed by atoms with Gasteiger partial charge in [-0.05, 0) is 19.9 Å². The normalized spacial score (nSPS) is 11.1. The maximum Gasteiger partial charge on any atom is 0.433 e. The molecular formula is C10H12F3N3. The standard InChI is InChI=1S/C10H12F3N3/c1-7(2)3-5-14-9-15-6-4-8(16-9)10(11,12)13/h3-4,6H,5H2,1-2H3,(H,14,15,16). The van der Waals surface area contributed by atoms with Crippen molar-refractivity contribution in [3.63, 3.8) is 0 Å². The van der Waals surface area contributed by atoms with E-state index in [-0.39, 0.29) is 5.95 Å². The number of nitrogens with one attached hydrogen (secondary N) is 1. The average molecular weight is 231 g/mol. The quantitative estimate of drug-likeness (QED) is 0.813. The first-order valence-corrected chi connectivity index (χ1v) is 4.67. The summed E-state index contributed by atoms with van der Waals surface area (Å²) in [5, 5.41) is 2.69. The molecule has 0 saturated carbocycles. The van der Waals surface area contributed by atoms with Gasteiger partial charge in [0, 0.05) is 12.7 Å². The predicted molar refractivity (Wildman–Crippen MR) is 55.0 cm³/mol. The molecule has 6 heteroatoms. The number of allylic oxidation sites excluding steroid dienone is 1. The first-order chi connectivity index (χ1) is 7.39. The van der Waals surface area contributed by atoms with Crippen LogP contribution in [0, 0.1) is 0 Å². The van der Waals surface area contributed by atoms with Crippen LogP contribution >= 0.6 is 0 Å². The summed E-state index contributed by atoms with van der Waals surface area (Å²) in [7, 11) is 0. The molecule has 16 heavy (non-hydrogen) atoms. The van der Waals surface area contributed by atoms with Gasteiger partial charge in [0.25, 0.3) is 0 Å². The topological polar surface area (TPSA) is 37.8 Å². The second-order valence-electron chi connectivity index (χ2n) is 3.43. The van der Waals surface area contributed by atoms with Crippen molar-refractivity contribution in [1.82, 2.24) is 9.97 Å². The van der Waals surface area contributed by atoms with E-state index in [2.05, 4.69) is 15.3 Å². The molecule has 0 amide bonds. The van der Waals surface area contributed by atoms with Crippen LogP contribution < -0.4 is 5.32 Å². The Morgan fingerprint density at radius 3 is 2.69 bits per heavy atom. The van der Waals surface area contributed by atoms with Crippen LogP contribution in [0.3, 0.4) is 0 Å². The molecule has 1 aromatic heterocycles. The molecule has 0 saturated heterocycles. The van der Waals surface area contributed by atoms with Crippen molar-refractivity contribution in [3.05, 3.63) is 29.6 Å². The van der Waals surface area contributed by atoms with E-state index in [4.69, 9.17) is 0 Å². The first-order valence-electron chi connectivity index (χ1n) is 4.67. The number of hydrogen-bond donors (Lipinski definition) is 1. The summed E-state index contributed by atoms with van der Waals surface area (Å²) in [4.78, 5) is 7.06. The zero-order valence-corrected chi connectivity index (χ0v) is 8.97. The maximum absolute atomic E-state index is 12.3. The van der Waals surface area contributed by atoms with Crippen LogP contribution in [0.1, 0.15) is 19.5 Å². The van der Waals surface area contributed by atoms with Crippen LogP contribution in [-0.2, 0) is 6.18 Å². The Morgan fingerprint density at radius 1 is 1.44 bits per heavy atom. The zero-order chi connectivity index (χ0) is 12.2. The molecule has 0 bridgehead atoms. The van der Waals surface area contributed by atoms with Crippen molar-refractivity contribution in [2.45, 2.75) is 20.0 Å². The van der Waals surface area contributed by atoms with Crippen LogP contribution in [0.15, 0.2) is 23.9 Å². The Kier molecular flexibility index (Phi) is 3.87. The summed E-state index contributed by atoms with van der Waals surface area (Å²) >= 11 is 0. The molecule has 1 N–H and O–H groups in total. The molecular weight excluding hydrogens is 219 g/mol. The van der Waals surface area contributed by atoms with Crippen molar-refractivity contribution in [2.24, 2.45) is 0 Å². The monoisotopic (exact) mass is 231 g/mol. The number of rotatable bonds is 3. The van der Waals surface area contributed by atoms with E-state index in [1.54, 1.807) is 0 Å². The smallest absolute Gasteiger partial charge is 0.351 e. The fourth-order valence-corrected chi connectivity index (χ4v) is 0.948. The minimum absolute atomic E-state index is 0.0210. The lowest BCUT2D eigenvalue weighted by Crippen LogP contribution is -2.11. The minimum atomic E-state index is -4.43. The molecule has 0 unspecified atom stereocenters. The summed E-state index contributed by atoms with van der Waals surface area (Å²) in [5.41, 5.74) is 0.127. The highest BCUT2D eigenvalue weighted by molar-refractivity contribution is 5.27. The van der Waals surface area contributed by atoms with Gasteiger partial charge in [0.2, 0.25) is 5.95 Å². The van der Waals surface area contributed by atoms with Gasteiger partial charge in [-0.15, -0.1) is 0 Å². The molecule has 0 radical (unpaired) electrons. The molecule has 0 aliphatic rings. The third-order valence-electron chi connectivity index (χ3n) is 1.72. The Labute approximate surface area is 91.4 Å². The Hall–Kier alpha value is -1.59. The van der Waals surface area contributed by atoms with E-state index in [1.807, 2.05) is 19.9 Å². The van der Waals surface area contributed by atoms with Crippen molar-refractivity contribution >= 4 is 5.95 Å². The first kappa shape index (κ1) is 12.5. The predicted octanol–water partition coefficient (Wildman–Crippen LogP) is 2.87. The Bertz CT molecular complexity index is 381. The van der Waals surface area contributed by atoms with Gasteiger partial charge in [0.15, 0.2) is 0 Å². The second-order valence-corrected chi connectivity index (χ2v) is 3.43. The Morgan fingerprint density at radius 2 is 2.12 bits per heavy atom. The number of anilines is 1. The van der Waals surface area contributed by atoms with Gasteiger partial charge in [0.05, 0.1) is 0 Å². The number of halogens is 3. The van der Waals surface area contributed by atoms with Crippen molar-refractivity contribution in [3.8, 4) is 0 Å². The molecule has 88 valence electrons. The van der Waals surface area contributed by atoms with Gasteiger partial charge < -0.3 is 5.32 Å². The summed E-state index contributed by atoms with van der Waals surface area (Å²) < 4.78 is 36.9. The molecule has 0 aliphatic heterocycles. The third-order valence-corrected chi connectivity index (χ3v) is 1.72. The van der Waals surface area contributed by atoms with Gasteiger partial charge in [-0.3, -0.25) is 0 Å². The van der Waals surface area contributed by atoms with Crippen molar-refractivity contribution in [2.75, 3.05) is 11.9 Å². The summed E-state index contributed by atoms with van der Waals surface area (Å²) in [6, 6.07) is 0.839. The zero-order valence-electron chi connectivity index (χ0n) is 8.97. The molecule has 0 aliphatic carbocycles. The number of aromatic nitrogens is 2. The maximum atomic E-state index is 12.3. The van der Waals surface area contributed by atoms with E-state index < -0.39 is 11.9 Å². The van der Waals surface area contributed by atoms with Crippen LogP contribution in [-0.4, -0.2) is 16.5 Å². The van der Waals surface area contributed by atoms with Gasteiger partial charge >= 0.3 is 6.18 Å². The highest BCUT2D eigenvalue weighted by Crippen LogP contribution is 2.27. The number of hydrogen-bond acceptors (Lipinski definition) is 3.